The highest BCUT2D eigenvalue weighted by atomic mass is 32.2. The Balaban J connectivity index is 1.63. The molecule has 0 spiro atoms. The minimum Gasteiger partial charge on any atom is -0.486 e. The number of likely N-dealkylation sites (N-methyl/N-ethyl adjacent to an activating group) is 2. The highest BCUT2D eigenvalue weighted by Gasteiger charge is 2.28. The molecule has 0 aliphatic carbocycles. The van der Waals surface area contributed by atoms with Crippen molar-refractivity contribution in [3.63, 3.8) is 0 Å². The second kappa shape index (κ2) is 9.49. The SMILES string of the molecule is CCN(CC1COc2ccccc2O1)C(=O)CN(C)S(=O)(=O)c1ccc(C(C)=O)cc1. The Labute approximate surface area is 182 Å². The van der Waals surface area contributed by atoms with Crippen molar-refractivity contribution >= 4 is 21.7 Å². The van der Waals surface area contributed by atoms with Crippen molar-refractivity contribution in [3.05, 3.63) is 54.1 Å². The number of ketones is 1. The molecular formula is C22H26N2O6S. The van der Waals surface area contributed by atoms with E-state index in [4.69, 9.17) is 9.47 Å². The number of ether oxygens (including phenoxy) is 2. The topological polar surface area (TPSA) is 93.2 Å². The number of sulfonamides is 1. The zero-order valence-electron chi connectivity index (χ0n) is 17.8. The highest BCUT2D eigenvalue weighted by molar-refractivity contribution is 7.89. The van der Waals surface area contributed by atoms with E-state index in [1.165, 1.54) is 38.2 Å². The standard InChI is InChI=1S/C22H26N2O6S/c1-4-24(13-18-15-29-20-7-5-6-8-21(20)30-18)22(26)14-23(3)31(27,28)19-11-9-17(10-12-19)16(2)25/h5-12,18H,4,13-15H2,1-3H3. The number of benzene rings is 2. The van der Waals surface area contributed by atoms with Gasteiger partial charge in [-0.1, -0.05) is 24.3 Å². The van der Waals surface area contributed by atoms with Gasteiger partial charge in [-0.25, -0.2) is 8.42 Å². The number of para-hydroxylation sites is 2. The summed E-state index contributed by atoms with van der Waals surface area (Å²) in [7, 11) is -2.52. The maximum Gasteiger partial charge on any atom is 0.243 e. The monoisotopic (exact) mass is 446 g/mol. The van der Waals surface area contributed by atoms with Crippen LogP contribution in [0.1, 0.15) is 24.2 Å². The van der Waals surface area contributed by atoms with Crippen LogP contribution in [0.2, 0.25) is 0 Å². The van der Waals surface area contributed by atoms with E-state index in [0.29, 0.717) is 30.2 Å². The molecule has 1 heterocycles. The normalized spacial score (nSPS) is 15.5. The van der Waals surface area contributed by atoms with E-state index in [9.17, 15) is 18.0 Å². The number of amides is 1. The molecule has 9 heteroatoms. The Morgan fingerprint density at radius 2 is 1.71 bits per heavy atom. The number of rotatable bonds is 8. The van der Waals surface area contributed by atoms with Crippen LogP contribution in [0, 0.1) is 0 Å². The first-order valence-electron chi connectivity index (χ1n) is 9.96. The van der Waals surface area contributed by atoms with Gasteiger partial charge >= 0.3 is 0 Å². The number of hydrogen-bond acceptors (Lipinski definition) is 6. The summed E-state index contributed by atoms with van der Waals surface area (Å²) in [5, 5.41) is 0. The van der Waals surface area contributed by atoms with Gasteiger partial charge < -0.3 is 14.4 Å². The number of fused-ring (bicyclic) bond motifs is 1. The molecule has 3 rings (SSSR count). The van der Waals surface area contributed by atoms with Crippen LogP contribution in [0.4, 0.5) is 0 Å². The molecule has 1 atom stereocenters. The average Bonchev–Trinajstić information content (AvgIpc) is 2.77. The number of hydrogen-bond donors (Lipinski definition) is 0. The Hall–Kier alpha value is -2.91. The Morgan fingerprint density at radius 1 is 1.06 bits per heavy atom. The van der Waals surface area contributed by atoms with Crippen LogP contribution in [-0.2, 0) is 14.8 Å². The van der Waals surface area contributed by atoms with Crippen LogP contribution < -0.4 is 9.47 Å². The molecule has 0 saturated heterocycles. The van der Waals surface area contributed by atoms with Crippen LogP contribution in [0.3, 0.4) is 0 Å². The summed E-state index contributed by atoms with van der Waals surface area (Å²) < 4.78 is 38.2. The third-order valence-electron chi connectivity index (χ3n) is 5.05. The molecule has 1 amide bonds. The minimum atomic E-state index is -3.87. The van der Waals surface area contributed by atoms with Crippen LogP contribution >= 0.6 is 0 Å². The summed E-state index contributed by atoms with van der Waals surface area (Å²) in [5.74, 6) is 0.796. The Morgan fingerprint density at radius 3 is 2.32 bits per heavy atom. The first-order chi connectivity index (χ1) is 14.7. The number of Topliss-reactive ketones (excluding diaryl/α,β-unsaturated/α-hetero) is 1. The maximum atomic E-state index is 12.8. The van der Waals surface area contributed by atoms with Gasteiger partial charge in [0.1, 0.15) is 6.61 Å². The zero-order chi connectivity index (χ0) is 22.6. The predicted octanol–water partition coefficient (Wildman–Crippen LogP) is 2.20. The van der Waals surface area contributed by atoms with Gasteiger partial charge in [-0.15, -0.1) is 0 Å². The number of carbonyl (C=O) groups excluding carboxylic acids is 2. The van der Waals surface area contributed by atoms with Crippen molar-refractivity contribution < 1.29 is 27.5 Å². The van der Waals surface area contributed by atoms with E-state index in [2.05, 4.69) is 0 Å². The van der Waals surface area contributed by atoms with E-state index < -0.39 is 10.0 Å². The third kappa shape index (κ3) is 5.23. The van der Waals surface area contributed by atoms with Gasteiger partial charge in [0.05, 0.1) is 18.0 Å². The second-order valence-electron chi connectivity index (χ2n) is 7.27. The Kier molecular flexibility index (Phi) is 6.97. The smallest absolute Gasteiger partial charge is 0.243 e. The van der Waals surface area contributed by atoms with Gasteiger partial charge in [-0.05, 0) is 38.1 Å². The molecule has 166 valence electrons. The third-order valence-corrected chi connectivity index (χ3v) is 6.87. The molecule has 8 nitrogen and oxygen atoms in total. The molecule has 0 N–H and O–H groups in total. The Bertz CT molecular complexity index is 1050. The molecule has 1 unspecified atom stereocenters. The van der Waals surface area contributed by atoms with Crippen molar-refractivity contribution in [2.45, 2.75) is 24.8 Å². The summed E-state index contributed by atoms with van der Waals surface area (Å²) in [5.41, 5.74) is 0.422. The fraction of sp³-hybridized carbons (Fsp3) is 0.364. The van der Waals surface area contributed by atoms with E-state index in [1.54, 1.807) is 11.0 Å². The lowest BCUT2D eigenvalue weighted by Crippen LogP contribution is -2.47. The molecular weight excluding hydrogens is 420 g/mol. The molecule has 0 aromatic heterocycles. The maximum absolute atomic E-state index is 12.8. The highest BCUT2D eigenvalue weighted by Crippen LogP contribution is 2.31. The van der Waals surface area contributed by atoms with E-state index in [0.717, 1.165) is 4.31 Å². The number of nitrogens with zero attached hydrogens (tertiary/aromatic N) is 2. The van der Waals surface area contributed by atoms with Crippen molar-refractivity contribution in [3.8, 4) is 11.5 Å². The summed E-state index contributed by atoms with van der Waals surface area (Å²) in [4.78, 5) is 25.8. The molecule has 31 heavy (non-hydrogen) atoms. The molecule has 2 aromatic rings. The van der Waals surface area contributed by atoms with Crippen molar-refractivity contribution in [2.75, 3.05) is 33.3 Å². The molecule has 0 radical (unpaired) electrons. The van der Waals surface area contributed by atoms with Gasteiger partial charge in [0.15, 0.2) is 23.4 Å². The molecule has 0 saturated carbocycles. The molecule has 1 aliphatic heterocycles. The van der Waals surface area contributed by atoms with Gasteiger partial charge in [0.2, 0.25) is 15.9 Å². The van der Waals surface area contributed by atoms with Gasteiger partial charge in [-0.2, -0.15) is 4.31 Å². The lowest BCUT2D eigenvalue weighted by atomic mass is 10.2. The van der Waals surface area contributed by atoms with Crippen molar-refractivity contribution in [2.24, 2.45) is 0 Å². The second-order valence-corrected chi connectivity index (χ2v) is 9.32. The average molecular weight is 447 g/mol. The molecule has 2 aromatic carbocycles. The molecule has 0 fully saturated rings. The first-order valence-corrected chi connectivity index (χ1v) is 11.4. The zero-order valence-corrected chi connectivity index (χ0v) is 18.6. The van der Waals surface area contributed by atoms with Crippen LogP contribution in [0.5, 0.6) is 11.5 Å². The van der Waals surface area contributed by atoms with E-state index in [-0.39, 0.29) is 35.8 Å². The largest absolute Gasteiger partial charge is 0.486 e. The predicted molar refractivity (Wildman–Crippen MR) is 115 cm³/mol. The van der Waals surface area contributed by atoms with Crippen LogP contribution in [-0.4, -0.2) is 68.7 Å². The lowest BCUT2D eigenvalue weighted by molar-refractivity contribution is -0.132. The van der Waals surface area contributed by atoms with Gasteiger partial charge in [0, 0.05) is 19.2 Å². The fourth-order valence-corrected chi connectivity index (χ4v) is 4.34. The summed E-state index contributed by atoms with van der Waals surface area (Å²) >= 11 is 0. The van der Waals surface area contributed by atoms with E-state index in [1.807, 2.05) is 25.1 Å². The van der Waals surface area contributed by atoms with Gasteiger partial charge in [0.25, 0.3) is 0 Å². The molecule has 0 bridgehead atoms. The quantitative estimate of drug-likeness (QED) is 0.577. The summed E-state index contributed by atoms with van der Waals surface area (Å²) in [6.45, 7) is 3.91. The van der Waals surface area contributed by atoms with Crippen molar-refractivity contribution in [1.82, 2.24) is 9.21 Å². The van der Waals surface area contributed by atoms with Crippen LogP contribution in [0.25, 0.3) is 0 Å². The summed E-state index contributed by atoms with van der Waals surface area (Å²) in [6, 6.07) is 13.0. The molecule has 1 aliphatic rings. The fourth-order valence-electron chi connectivity index (χ4n) is 3.22. The van der Waals surface area contributed by atoms with E-state index >= 15 is 0 Å². The summed E-state index contributed by atoms with van der Waals surface area (Å²) in [6.07, 6.45) is -0.347. The minimum absolute atomic E-state index is 0.0245. The lowest BCUT2D eigenvalue weighted by Gasteiger charge is -2.31. The van der Waals surface area contributed by atoms with Crippen molar-refractivity contribution in [1.29, 1.82) is 0 Å². The first kappa shape index (κ1) is 22.8. The number of carbonyl (C=O) groups is 2. The van der Waals surface area contributed by atoms with Crippen LogP contribution in [0.15, 0.2) is 53.4 Å². The van der Waals surface area contributed by atoms with Gasteiger partial charge in [-0.3, -0.25) is 9.59 Å².